The van der Waals surface area contributed by atoms with Gasteiger partial charge in [-0.05, 0) is 49.0 Å². The van der Waals surface area contributed by atoms with Gasteiger partial charge >= 0.3 is 0 Å². The molecule has 0 radical (unpaired) electrons. The fourth-order valence-electron chi connectivity index (χ4n) is 4.56. The predicted octanol–water partition coefficient (Wildman–Crippen LogP) is 4.60. The van der Waals surface area contributed by atoms with E-state index >= 15 is 0 Å². The first-order valence-corrected chi connectivity index (χ1v) is 12.7. The van der Waals surface area contributed by atoms with Crippen LogP contribution in [-0.2, 0) is 9.22 Å². The molecule has 26 heavy (non-hydrogen) atoms. The highest BCUT2D eigenvalue weighted by atomic mass is 28.4. The number of nitrogens with zero attached hydrogens (tertiary/aromatic N) is 1. The van der Waals surface area contributed by atoms with E-state index < -0.39 is 14.4 Å². The van der Waals surface area contributed by atoms with Crippen molar-refractivity contribution in [2.45, 2.75) is 83.2 Å². The van der Waals surface area contributed by atoms with E-state index in [2.05, 4.69) is 20.8 Å². The highest BCUT2D eigenvalue weighted by Gasteiger charge is 2.57. The van der Waals surface area contributed by atoms with E-state index in [9.17, 15) is 9.59 Å². The second-order valence-electron chi connectivity index (χ2n) is 7.66. The average Bonchev–Trinajstić information content (AvgIpc) is 3.22. The van der Waals surface area contributed by atoms with E-state index in [0.717, 1.165) is 31.0 Å². The molecule has 2 atom stereocenters. The van der Waals surface area contributed by atoms with Crippen LogP contribution >= 0.6 is 0 Å². The summed E-state index contributed by atoms with van der Waals surface area (Å²) >= 11 is 0. The Balaban J connectivity index is 1.84. The number of furan rings is 1. The van der Waals surface area contributed by atoms with Crippen LogP contribution in [0.2, 0.25) is 18.1 Å². The van der Waals surface area contributed by atoms with Crippen molar-refractivity contribution >= 4 is 20.1 Å². The summed E-state index contributed by atoms with van der Waals surface area (Å²) in [6.45, 7) is 6.51. The predicted molar refractivity (Wildman–Crippen MR) is 102 cm³/mol. The summed E-state index contributed by atoms with van der Waals surface area (Å²) in [5.74, 6) is 0.103. The van der Waals surface area contributed by atoms with Crippen molar-refractivity contribution in [2.75, 3.05) is 0 Å². The Labute approximate surface area is 157 Å². The van der Waals surface area contributed by atoms with Crippen LogP contribution in [0.5, 0.6) is 0 Å². The van der Waals surface area contributed by atoms with Gasteiger partial charge in [-0.1, -0.05) is 40.0 Å². The number of carbonyl (C=O) groups excluding carboxylic acids is 2. The quantitative estimate of drug-likeness (QED) is 0.396. The van der Waals surface area contributed by atoms with Gasteiger partial charge < -0.3 is 8.84 Å². The van der Waals surface area contributed by atoms with Crippen LogP contribution in [0.15, 0.2) is 22.8 Å². The Morgan fingerprint density at radius 3 is 2.38 bits per heavy atom. The van der Waals surface area contributed by atoms with Crippen molar-refractivity contribution in [1.82, 2.24) is 4.90 Å². The molecule has 1 aromatic rings. The highest BCUT2D eigenvalue weighted by molar-refractivity contribution is 6.73. The summed E-state index contributed by atoms with van der Waals surface area (Å²) in [6.07, 6.45) is 6.75. The molecule has 0 unspecified atom stereocenters. The molecule has 144 valence electrons. The Kier molecular flexibility index (Phi) is 6.02. The smallest absolute Gasteiger partial charge is 0.296 e. The summed E-state index contributed by atoms with van der Waals surface area (Å²) in [5.41, 5.74) is 0. The minimum atomic E-state index is -1.91. The summed E-state index contributed by atoms with van der Waals surface area (Å²) in [6, 6.07) is 6.21. The Morgan fingerprint density at radius 1 is 1.19 bits per heavy atom. The zero-order valence-electron chi connectivity index (χ0n) is 16.2. The number of amides is 2. The lowest BCUT2D eigenvalue weighted by molar-refractivity contribution is -0.163. The molecule has 0 aromatic carbocycles. The third-order valence-corrected chi connectivity index (χ3v) is 11.1. The summed E-state index contributed by atoms with van der Waals surface area (Å²) in [4.78, 5) is 27.2. The summed E-state index contributed by atoms with van der Waals surface area (Å²) in [7, 11) is -1.91. The van der Waals surface area contributed by atoms with Crippen LogP contribution in [0.1, 0.15) is 63.4 Å². The second kappa shape index (κ2) is 8.09. The molecule has 1 aliphatic carbocycles. The minimum Gasteiger partial charge on any atom is -0.459 e. The van der Waals surface area contributed by atoms with Crippen molar-refractivity contribution < 1.29 is 18.4 Å². The van der Waals surface area contributed by atoms with Crippen molar-refractivity contribution in [2.24, 2.45) is 5.92 Å². The van der Waals surface area contributed by atoms with E-state index in [4.69, 9.17) is 8.84 Å². The maximum Gasteiger partial charge on any atom is 0.296 e. The van der Waals surface area contributed by atoms with Gasteiger partial charge in [0.1, 0.15) is 6.10 Å². The topological polar surface area (TPSA) is 59.8 Å². The molecule has 0 bridgehead atoms. The van der Waals surface area contributed by atoms with Gasteiger partial charge in [-0.3, -0.25) is 14.5 Å². The zero-order chi connectivity index (χ0) is 18.7. The number of hydrogen-bond donors (Lipinski definition) is 0. The minimum absolute atomic E-state index is 0.128. The number of likely N-dealkylation sites (tertiary alicyclic amines) is 1. The highest BCUT2D eigenvalue weighted by Crippen LogP contribution is 2.40. The number of imide groups is 1. The molecule has 0 spiro atoms. The lowest BCUT2D eigenvalue weighted by Crippen LogP contribution is -2.71. The fourth-order valence-corrected chi connectivity index (χ4v) is 7.34. The molecular formula is C20H31NO4Si. The van der Waals surface area contributed by atoms with Crippen molar-refractivity contribution in [1.29, 1.82) is 0 Å². The molecule has 1 saturated carbocycles. The van der Waals surface area contributed by atoms with Crippen LogP contribution in [0.25, 0.3) is 0 Å². The van der Waals surface area contributed by atoms with Gasteiger partial charge in [0.25, 0.3) is 11.8 Å². The molecule has 1 aromatic heterocycles. The van der Waals surface area contributed by atoms with E-state index in [-0.39, 0.29) is 23.6 Å². The van der Waals surface area contributed by atoms with Gasteiger partial charge in [-0.25, -0.2) is 0 Å². The first-order valence-electron chi connectivity index (χ1n) is 10.2. The molecule has 5 nitrogen and oxygen atoms in total. The number of rotatable bonds is 7. The second-order valence-corrected chi connectivity index (χ2v) is 12.4. The largest absolute Gasteiger partial charge is 0.459 e. The number of hydrogen-bond acceptors (Lipinski definition) is 4. The van der Waals surface area contributed by atoms with Gasteiger partial charge in [0, 0.05) is 0 Å². The average molecular weight is 378 g/mol. The number of carbonyl (C=O) groups is 2. The normalized spacial score (nSPS) is 24.6. The Hall–Kier alpha value is -1.40. The fraction of sp³-hybridized carbons (Fsp3) is 0.700. The monoisotopic (exact) mass is 377 g/mol. The lowest BCUT2D eigenvalue weighted by atomic mass is 9.77. The van der Waals surface area contributed by atoms with E-state index in [0.29, 0.717) is 5.92 Å². The molecule has 2 heterocycles. The molecule has 1 aliphatic heterocycles. The standard InChI is InChI=1S/C20H31NO4Si/c1-4-26(5-2,6-3)25-18-17(15-11-8-7-9-12-15)21(20(18)23)19(22)16-13-10-14-24-16/h10,13-15,17-18H,4-9,11-12H2,1-3H3/t17-,18+/m1/s1. The van der Waals surface area contributed by atoms with E-state index in [1.807, 2.05) is 0 Å². The third-order valence-electron chi connectivity index (χ3n) is 6.48. The Morgan fingerprint density at radius 2 is 1.85 bits per heavy atom. The van der Waals surface area contributed by atoms with Crippen LogP contribution in [-0.4, -0.2) is 37.2 Å². The van der Waals surface area contributed by atoms with Gasteiger partial charge in [-0.2, -0.15) is 0 Å². The maximum absolute atomic E-state index is 12.9. The molecule has 2 aliphatic rings. The third kappa shape index (κ3) is 3.41. The molecule has 2 amide bonds. The van der Waals surface area contributed by atoms with Crippen molar-refractivity contribution in [3.63, 3.8) is 0 Å². The zero-order valence-corrected chi connectivity index (χ0v) is 17.2. The first kappa shape index (κ1) is 19.4. The maximum atomic E-state index is 12.9. The molecule has 1 saturated heterocycles. The summed E-state index contributed by atoms with van der Waals surface area (Å²) < 4.78 is 11.8. The first-order chi connectivity index (χ1) is 12.6. The van der Waals surface area contributed by atoms with Gasteiger partial charge in [0.2, 0.25) is 0 Å². The van der Waals surface area contributed by atoms with Gasteiger partial charge in [-0.15, -0.1) is 0 Å². The van der Waals surface area contributed by atoms with E-state index in [1.165, 1.54) is 30.4 Å². The van der Waals surface area contributed by atoms with Crippen LogP contribution in [0, 0.1) is 5.92 Å². The Bertz CT molecular complexity index is 612. The van der Waals surface area contributed by atoms with E-state index in [1.54, 1.807) is 12.1 Å². The molecule has 6 heteroatoms. The lowest BCUT2D eigenvalue weighted by Gasteiger charge is -2.52. The molecule has 3 rings (SSSR count). The molecular weight excluding hydrogens is 346 g/mol. The van der Waals surface area contributed by atoms with Crippen molar-refractivity contribution in [3.8, 4) is 0 Å². The van der Waals surface area contributed by atoms with Crippen LogP contribution < -0.4 is 0 Å². The van der Waals surface area contributed by atoms with Crippen molar-refractivity contribution in [3.05, 3.63) is 24.2 Å². The van der Waals surface area contributed by atoms with Crippen LogP contribution in [0.4, 0.5) is 0 Å². The molecule has 0 N–H and O–H groups in total. The van der Waals surface area contributed by atoms with Crippen LogP contribution in [0.3, 0.4) is 0 Å². The van der Waals surface area contributed by atoms with Gasteiger partial charge in [0.15, 0.2) is 14.1 Å². The van der Waals surface area contributed by atoms with Gasteiger partial charge in [0.05, 0.1) is 12.3 Å². The SMILES string of the molecule is CC[Si](CC)(CC)O[C@@H]1C(=O)N(C(=O)c2ccco2)[C@@H]1C1CCCCC1. The molecule has 2 fully saturated rings. The summed E-state index contributed by atoms with van der Waals surface area (Å²) in [5, 5.41) is 0. The number of β-lactam (4-membered cyclic amide) rings is 1.